The first-order valence-corrected chi connectivity index (χ1v) is 7.23. The summed E-state index contributed by atoms with van der Waals surface area (Å²) in [6.45, 7) is 2.52. The van der Waals surface area contributed by atoms with E-state index in [1.54, 1.807) is 36.3 Å². The van der Waals surface area contributed by atoms with E-state index >= 15 is 0 Å². The Labute approximate surface area is 133 Å². The average molecular weight is 312 g/mol. The maximum atomic E-state index is 13.3. The van der Waals surface area contributed by atoms with E-state index in [1.165, 1.54) is 12.1 Å². The van der Waals surface area contributed by atoms with Crippen molar-refractivity contribution < 1.29 is 9.13 Å². The van der Waals surface area contributed by atoms with Crippen LogP contribution in [0.4, 0.5) is 10.1 Å². The van der Waals surface area contributed by atoms with E-state index in [9.17, 15) is 4.39 Å². The summed E-state index contributed by atoms with van der Waals surface area (Å²) in [4.78, 5) is 4.00. The van der Waals surface area contributed by atoms with E-state index in [0.29, 0.717) is 18.2 Å². The van der Waals surface area contributed by atoms with Crippen LogP contribution in [0.15, 0.2) is 48.8 Å². The third-order valence-corrected chi connectivity index (χ3v) is 3.40. The van der Waals surface area contributed by atoms with E-state index in [4.69, 9.17) is 4.74 Å². The van der Waals surface area contributed by atoms with Crippen LogP contribution in [0.3, 0.4) is 0 Å². The molecule has 0 unspecified atom stereocenters. The highest BCUT2D eigenvalue weighted by Gasteiger charge is 2.15. The Morgan fingerprint density at radius 1 is 1.22 bits per heavy atom. The molecule has 0 amide bonds. The summed E-state index contributed by atoms with van der Waals surface area (Å²) in [6, 6.07) is 9.91. The SMILES string of the molecule is Cc1nn(C)c(Oc2cccc(F)c2)c1NCc1ccncc1. The Balaban J connectivity index is 1.83. The summed E-state index contributed by atoms with van der Waals surface area (Å²) in [5.41, 5.74) is 2.70. The quantitative estimate of drug-likeness (QED) is 0.781. The molecule has 23 heavy (non-hydrogen) atoms. The molecule has 6 heteroatoms. The number of aromatic nitrogens is 3. The van der Waals surface area contributed by atoms with Crippen LogP contribution >= 0.6 is 0 Å². The lowest BCUT2D eigenvalue weighted by Crippen LogP contribution is -2.02. The van der Waals surface area contributed by atoms with Crippen LogP contribution in [0.1, 0.15) is 11.3 Å². The number of benzene rings is 1. The van der Waals surface area contributed by atoms with Gasteiger partial charge in [-0.05, 0) is 36.8 Å². The van der Waals surface area contributed by atoms with Crippen molar-refractivity contribution in [2.45, 2.75) is 13.5 Å². The number of aryl methyl sites for hydroxylation is 2. The highest BCUT2D eigenvalue weighted by molar-refractivity contribution is 5.58. The Kier molecular flexibility index (Phi) is 4.23. The van der Waals surface area contributed by atoms with Crippen LogP contribution in [0.25, 0.3) is 0 Å². The van der Waals surface area contributed by atoms with Gasteiger partial charge in [0.15, 0.2) is 0 Å². The first-order valence-electron chi connectivity index (χ1n) is 7.23. The average Bonchev–Trinajstić information content (AvgIpc) is 2.80. The molecule has 118 valence electrons. The molecule has 3 rings (SSSR count). The lowest BCUT2D eigenvalue weighted by Gasteiger charge is -2.11. The van der Waals surface area contributed by atoms with Gasteiger partial charge in [-0.3, -0.25) is 4.98 Å². The lowest BCUT2D eigenvalue weighted by molar-refractivity contribution is 0.428. The molecule has 5 nitrogen and oxygen atoms in total. The van der Waals surface area contributed by atoms with Crippen LogP contribution in [0.2, 0.25) is 0 Å². The number of rotatable bonds is 5. The molecule has 0 saturated carbocycles. The topological polar surface area (TPSA) is 52.0 Å². The van der Waals surface area contributed by atoms with Crippen LogP contribution in [-0.4, -0.2) is 14.8 Å². The monoisotopic (exact) mass is 312 g/mol. The summed E-state index contributed by atoms with van der Waals surface area (Å²) in [5.74, 6) is 0.634. The van der Waals surface area contributed by atoms with E-state index in [-0.39, 0.29) is 5.82 Å². The molecule has 1 aromatic carbocycles. The molecule has 0 atom stereocenters. The van der Waals surface area contributed by atoms with Crippen molar-refractivity contribution >= 4 is 5.69 Å². The van der Waals surface area contributed by atoms with Gasteiger partial charge >= 0.3 is 0 Å². The van der Waals surface area contributed by atoms with Crippen LogP contribution in [0, 0.1) is 12.7 Å². The largest absolute Gasteiger partial charge is 0.437 e. The summed E-state index contributed by atoms with van der Waals surface area (Å²) >= 11 is 0. The number of nitrogens with zero attached hydrogens (tertiary/aromatic N) is 3. The third kappa shape index (κ3) is 3.48. The van der Waals surface area contributed by atoms with Crippen molar-refractivity contribution in [3.63, 3.8) is 0 Å². The van der Waals surface area contributed by atoms with Crippen molar-refractivity contribution in [1.29, 1.82) is 0 Å². The number of ether oxygens (including phenoxy) is 1. The second-order valence-corrected chi connectivity index (χ2v) is 5.16. The first kappa shape index (κ1) is 15.0. The van der Waals surface area contributed by atoms with Crippen LogP contribution in [0.5, 0.6) is 11.6 Å². The maximum absolute atomic E-state index is 13.3. The molecule has 2 aromatic heterocycles. The fourth-order valence-electron chi connectivity index (χ4n) is 2.29. The lowest BCUT2D eigenvalue weighted by atomic mass is 10.2. The Morgan fingerprint density at radius 3 is 2.74 bits per heavy atom. The number of anilines is 1. The predicted octanol–water partition coefficient (Wildman–Crippen LogP) is 3.67. The molecule has 2 heterocycles. The number of halogens is 1. The van der Waals surface area contributed by atoms with Gasteiger partial charge in [-0.1, -0.05) is 6.07 Å². The van der Waals surface area contributed by atoms with Gasteiger partial charge < -0.3 is 10.1 Å². The molecule has 0 aliphatic heterocycles. The first-order chi connectivity index (χ1) is 11.1. The molecule has 0 saturated heterocycles. The number of nitrogens with one attached hydrogen (secondary N) is 1. The smallest absolute Gasteiger partial charge is 0.241 e. The molecule has 0 fully saturated rings. The van der Waals surface area contributed by atoms with Crippen molar-refractivity contribution in [1.82, 2.24) is 14.8 Å². The zero-order valence-electron chi connectivity index (χ0n) is 13.0. The zero-order valence-corrected chi connectivity index (χ0v) is 13.0. The van der Waals surface area contributed by atoms with Crippen molar-refractivity contribution in [2.75, 3.05) is 5.32 Å². The van der Waals surface area contributed by atoms with Gasteiger partial charge in [0, 0.05) is 32.1 Å². The highest BCUT2D eigenvalue weighted by Crippen LogP contribution is 2.32. The summed E-state index contributed by atoms with van der Waals surface area (Å²) in [6.07, 6.45) is 3.49. The Bertz CT molecular complexity index is 802. The van der Waals surface area contributed by atoms with Crippen molar-refractivity contribution in [3.8, 4) is 11.6 Å². The summed E-state index contributed by atoms with van der Waals surface area (Å²) in [7, 11) is 1.79. The fourth-order valence-corrected chi connectivity index (χ4v) is 2.29. The van der Waals surface area contributed by atoms with Crippen molar-refractivity contribution in [2.24, 2.45) is 7.05 Å². The van der Waals surface area contributed by atoms with Gasteiger partial charge in [0.2, 0.25) is 5.88 Å². The standard InChI is InChI=1S/C17H17FN4O/c1-12-16(20-11-13-6-8-19-9-7-13)17(22(2)21-12)23-15-5-3-4-14(18)10-15/h3-10,20H,11H2,1-2H3. The fraction of sp³-hybridized carbons (Fsp3) is 0.176. The predicted molar refractivity (Wildman–Crippen MR) is 86.0 cm³/mol. The van der Waals surface area contributed by atoms with Crippen LogP contribution in [-0.2, 0) is 13.6 Å². The van der Waals surface area contributed by atoms with Crippen LogP contribution < -0.4 is 10.1 Å². The normalized spacial score (nSPS) is 10.6. The molecule has 0 aliphatic rings. The zero-order chi connectivity index (χ0) is 16.2. The maximum Gasteiger partial charge on any atom is 0.241 e. The second kappa shape index (κ2) is 6.48. The van der Waals surface area contributed by atoms with Gasteiger partial charge in [-0.2, -0.15) is 5.10 Å². The Morgan fingerprint density at radius 2 is 2.00 bits per heavy atom. The van der Waals surface area contributed by atoms with Gasteiger partial charge in [-0.15, -0.1) is 0 Å². The third-order valence-electron chi connectivity index (χ3n) is 3.40. The van der Waals surface area contributed by atoms with Crippen molar-refractivity contribution in [3.05, 3.63) is 65.9 Å². The molecule has 0 aliphatic carbocycles. The summed E-state index contributed by atoms with van der Waals surface area (Å²) in [5, 5.41) is 7.69. The molecule has 0 bridgehead atoms. The summed E-state index contributed by atoms with van der Waals surface area (Å²) < 4.78 is 20.8. The van der Waals surface area contributed by atoms with Gasteiger partial charge in [0.25, 0.3) is 0 Å². The van der Waals surface area contributed by atoms with E-state index in [0.717, 1.165) is 16.9 Å². The Hall–Kier alpha value is -2.89. The number of hydrogen-bond acceptors (Lipinski definition) is 4. The minimum Gasteiger partial charge on any atom is -0.437 e. The van der Waals surface area contributed by atoms with Gasteiger partial charge in [-0.25, -0.2) is 9.07 Å². The molecule has 0 radical (unpaired) electrons. The van der Waals surface area contributed by atoms with E-state index in [2.05, 4.69) is 15.4 Å². The molecule has 0 spiro atoms. The van der Waals surface area contributed by atoms with E-state index in [1.807, 2.05) is 19.1 Å². The molecule has 1 N–H and O–H groups in total. The minimum atomic E-state index is -0.340. The molecule has 3 aromatic rings. The van der Waals surface area contributed by atoms with Gasteiger partial charge in [0.1, 0.15) is 17.3 Å². The highest BCUT2D eigenvalue weighted by atomic mass is 19.1. The number of hydrogen-bond donors (Lipinski definition) is 1. The molecular weight excluding hydrogens is 295 g/mol. The minimum absolute atomic E-state index is 0.340. The van der Waals surface area contributed by atoms with Gasteiger partial charge in [0.05, 0.1) is 5.69 Å². The number of pyridine rings is 1. The molecular formula is C17H17FN4O. The second-order valence-electron chi connectivity index (χ2n) is 5.16. The van der Waals surface area contributed by atoms with E-state index < -0.39 is 0 Å².